The van der Waals surface area contributed by atoms with Crippen LogP contribution in [0.3, 0.4) is 0 Å². The molecule has 1 fully saturated rings. The second-order valence-corrected chi connectivity index (χ2v) is 8.94. The van der Waals surface area contributed by atoms with Crippen molar-refractivity contribution < 1.29 is 8.42 Å². The van der Waals surface area contributed by atoms with Gasteiger partial charge in [-0.1, -0.05) is 18.5 Å². The van der Waals surface area contributed by atoms with Gasteiger partial charge in [-0.3, -0.25) is 4.40 Å². The molecule has 5 nitrogen and oxygen atoms in total. The Morgan fingerprint density at radius 3 is 3.05 bits per heavy atom. The van der Waals surface area contributed by atoms with Gasteiger partial charge in [-0.05, 0) is 0 Å². The smallest absolute Gasteiger partial charge is 0.262 e. The zero-order valence-corrected chi connectivity index (χ0v) is 13.3. The molecule has 0 radical (unpaired) electrons. The third kappa shape index (κ3) is 2.29. The second kappa shape index (κ2) is 4.92. The minimum Gasteiger partial charge on any atom is -0.279 e. The second-order valence-electron chi connectivity index (χ2n) is 4.31. The summed E-state index contributed by atoms with van der Waals surface area (Å²) in [6, 6.07) is 0. The fraction of sp³-hybridized carbons (Fsp3) is 0.500. The Hall–Kier alpha value is -0.280. The van der Waals surface area contributed by atoms with E-state index in [-0.39, 0.29) is 10.2 Å². The van der Waals surface area contributed by atoms with Crippen molar-refractivity contribution in [3.8, 4) is 0 Å². The molecule has 0 N–H and O–H groups in total. The maximum absolute atomic E-state index is 12.7. The van der Waals surface area contributed by atoms with Gasteiger partial charge >= 0.3 is 0 Å². The van der Waals surface area contributed by atoms with Gasteiger partial charge in [0, 0.05) is 35.7 Å². The first-order chi connectivity index (χ1) is 9.00. The summed E-state index contributed by atoms with van der Waals surface area (Å²) < 4.78 is 28.5. The van der Waals surface area contributed by atoms with Crippen LogP contribution in [0, 0.1) is 0 Å². The topological polar surface area (TPSA) is 54.7 Å². The van der Waals surface area contributed by atoms with Crippen LogP contribution in [-0.2, 0) is 10.0 Å². The molecular formula is C10H12ClN3O2S3. The summed E-state index contributed by atoms with van der Waals surface area (Å²) in [7, 11) is -3.58. The Morgan fingerprint density at radius 2 is 2.32 bits per heavy atom. The number of fused-ring (bicyclic) bond motifs is 1. The van der Waals surface area contributed by atoms with Crippen LogP contribution in [0.5, 0.6) is 0 Å². The third-order valence-corrected chi connectivity index (χ3v) is 7.13. The predicted molar refractivity (Wildman–Crippen MR) is 78.8 cm³/mol. The number of rotatable bonds is 2. The molecule has 1 aliphatic heterocycles. The van der Waals surface area contributed by atoms with Crippen molar-refractivity contribution in [1.29, 1.82) is 0 Å². The summed E-state index contributed by atoms with van der Waals surface area (Å²) in [5, 5.41) is 2.24. The standard InChI is InChI=1S/C10H12ClN3O2S3/c1-7-6-13(2-4-17-7)19(15,16)9-8(11)12-10-14(9)3-5-18-10/h3,5,7H,2,4,6H2,1H3. The highest BCUT2D eigenvalue weighted by atomic mass is 35.5. The molecule has 1 atom stereocenters. The summed E-state index contributed by atoms with van der Waals surface area (Å²) in [5.41, 5.74) is 0. The molecule has 104 valence electrons. The summed E-state index contributed by atoms with van der Waals surface area (Å²) in [4.78, 5) is 4.69. The molecule has 19 heavy (non-hydrogen) atoms. The van der Waals surface area contributed by atoms with Crippen LogP contribution in [0.4, 0.5) is 0 Å². The zero-order valence-electron chi connectivity index (χ0n) is 10.1. The van der Waals surface area contributed by atoms with Gasteiger partial charge in [0.15, 0.2) is 15.1 Å². The van der Waals surface area contributed by atoms with E-state index < -0.39 is 10.0 Å². The summed E-state index contributed by atoms with van der Waals surface area (Å²) in [6.07, 6.45) is 1.69. The number of imidazole rings is 1. The van der Waals surface area contributed by atoms with Crippen LogP contribution in [0.25, 0.3) is 4.96 Å². The highest BCUT2D eigenvalue weighted by Gasteiger charge is 2.34. The van der Waals surface area contributed by atoms with Crippen molar-refractivity contribution >= 4 is 49.7 Å². The lowest BCUT2D eigenvalue weighted by Crippen LogP contribution is -2.41. The maximum atomic E-state index is 12.7. The minimum absolute atomic E-state index is 0.0535. The van der Waals surface area contributed by atoms with Crippen LogP contribution in [0.1, 0.15) is 6.92 Å². The van der Waals surface area contributed by atoms with Gasteiger partial charge in [-0.2, -0.15) is 16.1 Å². The largest absolute Gasteiger partial charge is 0.279 e. The normalized spacial score (nSPS) is 22.1. The average Bonchev–Trinajstić information content (AvgIpc) is 2.88. The Balaban J connectivity index is 2.08. The molecule has 0 aromatic carbocycles. The van der Waals surface area contributed by atoms with Gasteiger partial charge in [-0.25, -0.2) is 13.4 Å². The number of thioether (sulfide) groups is 1. The molecule has 0 saturated carbocycles. The van der Waals surface area contributed by atoms with E-state index in [1.165, 1.54) is 15.6 Å². The molecule has 1 saturated heterocycles. The van der Waals surface area contributed by atoms with Gasteiger partial charge in [0.1, 0.15) is 0 Å². The van der Waals surface area contributed by atoms with Crippen molar-refractivity contribution in [2.24, 2.45) is 0 Å². The Bertz CT molecular complexity index is 709. The molecule has 0 spiro atoms. The Labute approximate surface area is 124 Å². The number of hydrogen-bond acceptors (Lipinski definition) is 5. The molecule has 0 amide bonds. The van der Waals surface area contributed by atoms with Crippen molar-refractivity contribution in [2.45, 2.75) is 17.2 Å². The molecule has 2 aromatic rings. The molecule has 3 heterocycles. The van der Waals surface area contributed by atoms with Crippen LogP contribution in [0.2, 0.25) is 5.15 Å². The zero-order chi connectivity index (χ0) is 13.6. The SMILES string of the molecule is CC1CN(S(=O)(=O)c2c(Cl)nc3sccn23)CCS1. The van der Waals surface area contributed by atoms with E-state index >= 15 is 0 Å². The maximum Gasteiger partial charge on any atom is 0.262 e. The molecule has 2 aromatic heterocycles. The van der Waals surface area contributed by atoms with Crippen molar-refractivity contribution in [1.82, 2.24) is 13.7 Å². The first-order valence-electron chi connectivity index (χ1n) is 5.73. The lowest BCUT2D eigenvalue weighted by molar-refractivity contribution is 0.421. The van der Waals surface area contributed by atoms with Crippen molar-refractivity contribution in [2.75, 3.05) is 18.8 Å². The fourth-order valence-electron chi connectivity index (χ4n) is 2.10. The number of hydrogen-bond donors (Lipinski definition) is 0. The Morgan fingerprint density at radius 1 is 1.53 bits per heavy atom. The first-order valence-corrected chi connectivity index (χ1v) is 9.47. The highest BCUT2D eigenvalue weighted by Crippen LogP contribution is 2.30. The monoisotopic (exact) mass is 337 g/mol. The fourth-order valence-corrected chi connectivity index (χ4v) is 6.26. The lowest BCUT2D eigenvalue weighted by atomic mass is 10.4. The van der Waals surface area contributed by atoms with E-state index in [2.05, 4.69) is 4.98 Å². The van der Waals surface area contributed by atoms with Gasteiger partial charge in [0.2, 0.25) is 0 Å². The number of halogens is 1. The summed E-state index contributed by atoms with van der Waals surface area (Å²) >= 11 is 9.16. The molecule has 1 unspecified atom stereocenters. The average molecular weight is 338 g/mol. The molecule has 0 aliphatic carbocycles. The number of sulfonamides is 1. The molecular weight excluding hydrogens is 326 g/mol. The van der Waals surface area contributed by atoms with Crippen LogP contribution in [-0.4, -0.2) is 46.2 Å². The van der Waals surface area contributed by atoms with Gasteiger partial charge in [0.05, 0.1) is 0 Å². The van der Waals surface area contributed by atoms with Crippen molar-refractivity contribution in [3.05, 3.63) is 16.7 Å². The van der Waals surface area contributed by atoms with Gasteiger partial charge in [-0.15, -0.1) is 11.3 Å². The lowest BCUT2D eigenvalue weighted by Gasteiger charge is -2.29. The van der Waals surface area contributed by atoms with Crippen LogP contribution < -0.4 is 0 Å². The van der Waals surface area contributed by atoms with E-state index in [1.54, 1.807) is 27.7 Å². The van der Waals surface area contributed by atoms with E-state index in [0.717, 1.165) is 5.75 Å². The third-order valence-electron chi connectivity index (χ3n) is 2.97. The quantitative estimate of drug-likeness (QED) is 0.842. The van der Waals surface area contributed by atoms with Crippen LogP contribution in [0.15, 0.2) is 16.6 Å². The van der Waals surface area contributed by atoms with Gasteiger partial charge < -0.3 is 0 Å². The van der Waals surface area contributed by atoms with E-state index in [1.807, 2.05) is 6.92 Å². The number of nitrogens with zero attached hydrogens (tertiary/aromatic N) is 3. The molecule has 0 bridgehead atoms. The first kappa shape index (κ1) is 13.7. The van der Waals surface area contributed by atoms with Gasteiger partial charge in [0.25, 0.3) is 10.0 Å². The summed E-state index contributed by atoms with van der Waals surface area (Å²) in [6.45, 7) is 3.07. The highest BCUT2D eigenvalue weighted by molar-refractivity contribution is 8.00. The van der Waals surface area contributed by atoms with E-state index in [0.29, 0.717) is 23.3 Å². The molecule has 1 aliphatic rings. The predicted octanol–water partition coefficient (Wildman–Crippen LogP) is 2.18. The number of aromatic nitrogens is 2. The minimum atomic E-state index is -3.58. The summed E-state index contributed by atoms with van der Waals surface area (Å²) in [5.74, 6) is 0.809. The molecule has 3 rings (SSSR count). The molecule has 9 heteroatoms. The van der Waals surface area contributed by atoms with E-state index in [9.17, 15) is 8.42 Å². The Kier molecular flexibility index (Phi) is 3.55. The van der Waals surface area contributed by atoms with E-state index in [4.69, 9.17) is 11.6 Å². The van der Waals surface area contributed by atoms with Crippen LogP contribution >= 0.6 is 34.7 Å². The van der Waals surface area contributed by atoms with Crippen molar-refractivity contribution in [3.63, 3.8) is 0 Å². The number of thiazole rings is 1.